The van der Waals surface area contributed by atoms with Crippen LogP contribution in [0.4, 0.5) is 0 Å². The van der Waals surface area contributed by atoms with Gasteiger partial charge in [-0.1, -0.05) is 54.5 Å². The van der Waals surface area contributed by atoms with Crippen molar-refractivity contribution in [3.05, 3.63) is 102 Å². The number of aromatic nitrogens is 2. The normalized spacial score (nSPS) is 11.3. The zero-order chi connectivity index (χ0) is 21.4. The van der Waals surface area contributed by atoms with Gasteiger partial charge in [0.2, 0.25) is 0 Å². The maximum atomic E-state index is 5.61. The fourth-order valence-electron chi connectivity index (χ4n) is 4.61. The van der Waals surface area contributed by atoms with Crippen LogP contribution in [0.25, 0.3) is 21.8 Å². The number of hydrogen-bond acceptors (Lipinski definition) is 1. The van der Waals surface area contributed by atoms with Crippen LogP contribution in [0.5, 0.6) is 5.75 Å². The van der Waals surface area contributed by atoms with Crippen LogP contribution in [0.15, 0.2) is 85.2 Å². The minimum absolute atomic E-state index is 0.0962. The molecule has 0 N–H and O–H groups in total. The molecule has 3 aromatic carbocycles. The van der Waals surface area contributed by atoms with E-state index in [1.807, 2.05) is 12.1 Å². The van der Waals surface area contributed by atoms with Crippen molar-refractivity contribution in [1.82, 2.24) is 9.13 Å². The van der Waals surface area contributed by atoms with Gasteiger partial charge in [-0.15, -0.1) is 6.42 Å². The lowest BCUT2D eigenvalue weighted by atomic mass is 9.85. The van der Waals surface area contributed by atoms with Gasteiger partial charge in [0.1, 0.15) is 12.4 Å². The Morgan fingerprint density at radius 1 is 0.774 bits per heavy atom. The number of ether oxygens (including phenoxy) is 1. The summed E-state index contributed by atoms with van der Waals surface area (Å²) in [5, 5.41) is 2.55. The summed E-state index contributed by atoms with van der Waals surface area (Å²) in [4.78, 5) is 0. The Kier molecular flexibility index (Phi) is 4.76. The van der Waals surface area contributed by atoms with Crippen molar-refractivity contribution in [1.29, 1.82) is 0 Å². The van der Waals surface area contributed by atoms with E-state index in [4.69, 9.17) is 11.2 Å². The van der Waals surface area contributed by atoms with Crippen LogP contribution in [-0.4, -0.2) is 15.7 Å². The minimum atomic E-state index is 0.0962. The summed E-state index contributed by atoms with van der Waals surface area (Å²) in [5.41, 5.74) is 6.28. The van der Waals surface area contributed by atoms with Crippen molar-refractivity contribution < 1.29 is 4.74 Å². The van der Waals surface area contributed by atoms with E-state index in [-0.39, 0.29) is 12.5 Å². The highest BCUT2D eigenvalue weighted by molar-refractivity contribution is 5.89. The number of fused-ring (bicyclic) bond motifs is 2. The summed E-state index contributed by atoms with van der Waals surface area (Å²) in [6.45, 7) is 0.273. The molecule has 3 nitrogen and oxygen atoms in total. The SMILES string of the molecule is C#CCOc1ccc(C(c2cn(C)c3ccccc23)c2cn(C)c3ccccc23)cc1. The van der Waals surface area contributed by atoms with Crippen molar-refractivity contribution in [3.8, 4) is 18.1 Å². The Balaban J connectivity index is 1.74. The Morgan fingerprint density at radius 2 is 1.29 bits per heavy atom. The van der Waals surface area contributed by atoms with Gasteiger partial charge in [-0.3, -0.25) is 0 Å². The van der Waals surface area contributed by atoms with Gasteiger partial charge in [-0.05, 0) is 41.0 Å². The summed E-state index contributed by atoms with van der Waals surface area (Å²) in [6.07, 6.45) is 9.86. The van der Waals surface area contributed by atoms with E-state index >= 15 is 0 Å². The third kappa shape index (κ3) is 3.27. The van der Waals surface area contributed by atoms with Crippen molar-refractivity contribution in [2.45, 2.75) is 5.92 Å². The number of nitrogens with zero attached hydrogens (tertiary/aromatic N) is 2. The molecule has 0 unspecified atom stereocenters. The quantitative estimate of drug-likeness (QED) is 0.336. The fourth-order valence-corrected chi connectivity index (χ4v) is 4.61. The molecule has 5 aromatic rings. The highest BCUT2D eigenvalue weighted by Crippen LogP contribution is 2.40. The van der Waals surface area contributed by atoms with Crippen molar-refractivity contribution >= 4 is 21.8 Å². The first-order valence-corrected chi connectivity index (χ1v) is 10.4. The first-order chi connectivity index (χ1) is 15.2. The van der Waals surface area contributed by atoms with Gasteiger partial charge in [-0.25, -0.2) is 0 Å². The van der Waals surface area contributed by atoms with Gasteiger partial charge in [0, 0.05) is 54.2 Å². The Morgan fingerprint density at radius 3 is 1.81 bits per heavy atom. The molecule has 2 aromatic heterocycles. The van der Waals surface area contributed by atoms with Crippen LogP contribution in [0.3, 0.4) is 0 Å². The standard InChI is InChI=1S/C28H24N2O/c1-4-17-31-21-15-13-20(14-16-21)28(24-18-29(2)26-11-7-5-9-22(24)26)25-19-30(3)27-12-8-6-10-23(25)27/h1,5-16,18-19,28H,17H2,2-3H3. The molecule has 0 aliphatic carbocycles. The van der Waals surface area contributed by atoms with Gasteiger partial charge in [0.05, 0.1) is 0 Å². The molecule has 0 saturated heterocycles. The molecule has 31 heavy (non-hydrogen) atoms. The molecule has 0 aliphatic rings. The van der Waals surface area contributed by atoms with E-state index < -0.39 is 0 Å². The van der Waals surface area contributed by atoms with Crippen LogP contribution in [0, 0.1) is 12.3 Å². The summed E-state index contributed by atoms with van der Waals surface area (Å²) < 4.78 is 10.0. The monoisotopic (exact) mass is 404 g/mol. The van der Waals surface area contributed by atoms with Gasteiger partial charge < -0.3 is 13.9 Å². The largest absolute Gasteiger partial charge is 0.481 e. The molecule has 0 saturated carbocycles. The van der Waals surface area contributed by atoms with Gasteiger partial charge >= 0.3 is 0 Å². The second-order valence-corrected chi connectivity index (χ2v) is 7.92. The molecule has 2 heterocycles. The zero-order valence-electron chi connectivity index (χ0n) is 17.7. The number of terminal acetylenes is 1. The second kappa shape index (κ2) is 7.74. The Labute approximate surface area is 182 Å². The lowest BCUT2D eigenvalue weighted by molar-refractivity contribution is 0.370. The van der Waals surface area contributed by atoms with E-state index in [0.717, 1.165) is 5.75 Å². The summed E-state index contributed by atoms with van der Waals surface area (Å²) in [5.74, 6) is 3.41. The van der Waals surface area contributed by atoms with Crippen LogP contribution < -0.4 is 4.74 Å². The number of rotatable bonds is 5. The number of para-hydroxylation sites is 2. The zero-order valence-corrected chi connectivity index (χ0v) is 17.7. The Hall–Kier alpha value is -3.90. The molecular weight excluding hydrogens is 380 g/mol. The summed E-state index contributed by atoms with van der Waals surface area (Å²) >= 11 is 0. The van der Waals surface area contributed by atoms with Gasteiger partial charge in [0.25, 0.3) is 0 Å². The third-order valence-corrected chi connectivity index (χ3v) is 6.01. The maximum absolute atomic E-state index is 5.61. The maximum Gasteiger partial charge on any atom is 0.148 e. The van der Waals surface area contributed by atoms with Crippen LogP contribution in [0.1, 0.15) is 22.6 Å². The molecule has 0 spiro atoms. The number of aryl methyl sites for hydroxylation is 2. The van der Waals surface area contributed by atoms with E-state index in [1.54, 1.807) is 0 Å². The predicted octanol–water partition coefficient (Wildman–Crippen LogP) is 5.86. The predicted molar refractivity (Wildman–Crippen MR) is 128 cm³/mol. The molecule has 0 atom stereocenters. The number of benzene rings is 3. The molecule has 0 bridgehead atoms. The highest BCUT2D eigenvalue weighted by Gasteiger charge is 2.24. The van der Waals surface area contributed by atoms with E-state index in [1.165, 1.54) is 38.5 Å². The highest BCUT2D eigenvalue weighted by atomic mass is 16.5. The molecule has 0 amide bonds. The molecule has 0 radical (unpaired) electrons. The fraction of sp³-hybridized carbons (Fsp3) is 0.143. The molecule has 0 aliphatic heterocycles. The number of hydrogen-bond donors (Lipinski definition) is 0. The average molecular weight is 405 g/mol. The van der Waals surface area contributed by atoms with Crippen LogP contribution in [-0.2, 0) is 14.1 Å². The lowest BCUT2D eigenvalue weighted by Gasteiger charge is -2.18. The van der Waals surface area contributed by atoms with E-state index in [0.29, 0.717) is 0 Å². The van der Waals surface area contributed by atoms with Gasteiger partial charge in [0.15, 0.2) is 0 Å². The van der Waals surface area contributed by atoms with Crippen molar-refractivity contribution in [3.63, 3.8) is 0 Å². The van der Waals surface area contributed by atoms with E-state index in [2.05, 4.69) is 102 Å². The minimum Gasteiger partial charge on any atom is -0.481 e. The van der Waals surface area contributed by atoms with Crippen LogP contribution in [0.2, 0.25) is 0 Å². The van der Waals surface area contributed by atoms with Crippen LogP contribution >= 0.6 is 0 Å². The average Bonchev–Trinajstić information content (AvgIpc) is 3.31. The molecule has 152 valence electrons. The third-order valence-electron chi connectivity index (χ3n) is 6.01. The van der Waals surface area contributed by atoms with Crippen molar-refractivity contribution in [2.75, 3.05) is 6.61 Å². The topological polar surface area (TPSA) is 19.1 Å². The molecule has 0 fully saturated rings. The smallest absolute Gasteiger partial charge is 0.148 e. The first-order valence-electron chi connectivity index (χ1n) is 10.4. The Bertz CT molecular complexity index is 1330. The second-order valence-electron chi connectivity index (χ2n) is 7.92. The van der Waals surface area contributed by atoms with Gasteiger partial charge in [-0.2, -0.15) is 0 Å². The molecular formula is C28H24N2O. The summed E-state index contributed by atoms with van der Waals surface area (Å²) in [6, 6.07) is 25.5. The summed E-state index contributed by atoms with van der Waals surface area (Å²) in [7, 11) is 4.23. The van der Waals surface area contributed by atoms with Crippen molar-refractivity contribution in [2.24, 2.45) is 14.1 Å². The molecule has 3 heteroatoms. The lowest BCUT2D eigenvalue weighted by Crippen LogP contribution is -2.03. The molecule has 5 rings (SSSR count). The van der Waals surface area contributed by atoms with E-state index in [9.17, 15) is 0 Å². The first kappa shape index (κ1) is 19.1.